The third-order valence-corrected chi connectivity index (χ3v) is 4.41. The lowest BCUT2D eigenvalue weighted by atomic mass is 10.00. The Bertz CT molecular complexity index is 991. The van der Waals surface area contributed by atoms with Gasteiger partial charge in [-0.15, -0.1) is 0 Å². The minimum absolute atomic E-state index is 0.268. The van der Waals surface area contributed by atoms with Crippen molar-refractivity contribution in [1.29, 1.82) is 0 Å². The van der Waals surface area contributed by atoms with E-state index in [1.807, 2.05) is 33.9 Å². The molecule has 0 aromatic carbocycles. The average molecular weight is 320 g/mol. The molecule has 0 fully saturated rings. The lowest BCUT2D eigenvalue weighted by Crippen LogP contribution is -2.29. The molecule has 4 heterocycles. The van der Waals surface area contributed by atoms with Crippen molar-refractivity contribution >= 4 is 22.1 Å². The first-order chi connectivity index (χ1) is 11.5. The predicted molar refractivity (Wildman–Crippen MR) is 93.9 cm³/mol. The van der Waals surface area contributed by atoms with E-state index in [0.29, 0.717) is 0 Å². The molecule has 0 spiro atoms. The van der Waals surface area contributed by atoms with Crippen LogP contribution >= 0.6 is 0 Å². The van der Waals surface area contributed by atoms with Crippen LogP contribution in [0.3, 0.4) is 0 Å². The van der Waals surface area contributed by atoms with Crippen LogP contribution < -0.4 is 0 Å². The molecule has 0 radical (unpaired) electrons. The molecule has 4 aromatic heterocycles. The van der Waals surface area contributed by atoms with Gasteiger partial charge in [-0.2, -0.15) is 10.2 Å². The minimum Gasteiger partial charge on any atom is -0.258 e. The molecule has 0 aliphatic rings. The van der Waals surface area contributed by atoms with E-state index in [1.165, 1.54) is 0 Å². The topological polar surface area (TPSA) is 61.4 Å². The average Bonchev–Trinajstić information content (AvgIpc) is 3.18. The van der Waals surface area contributed by atoms with Crippen molar-refractivity contribution in [1.82, 2.24) is 29.5 Å². The lowest BCUT2D eigenvalue weighted by Gasteiger charge is -2.25. The van der Waals surface area contributed by atoms with Gasteiger partial charge in [-0.3, -0.25) is 4.68 Å². The Hall–Kier alpha value is -2.76. The summed E-state index contributed by atoms with van der Waals surface area (Å²) in [6.45, 7) is 8.45. The van der Waals surface area contributed by atoms with Crippen LogP contribution in [0.25, 0.3) is 22.1 Å². The summed E-state index contributed by atoms with van der Waals surface area (Å²) in [7, 11) is 0. The summed E-state index contributed by atoms with van der Waals surface area (Å²) < 4.78 is 3.89. The third-order valence-electron chi connectivity index (χ3n) is 4.41. The summed E-state index contributed by atoms with van der Waals surface area (Å²) in [5.41, 5.74) is 2.22. The molecule has 4 rings (SSSR count). The molecule has 6 nitrogen and oxygen atoms in total. The van der Waals surface area contributed by atoms with Crippen LogP contribution in [0.4, 0.5) is 0 Å². The zero-order valence-electron chi connectivity index (χ0n) is 14.3. The second-order valence-electron chi connectivity index (χ2n) is 6.84. The van der Waals surface area contributed by atoms with Crippen molar-refractivity contribution in [2.24, 2.45) is 0 Å². The molecule has 0 saturated heterocycles. The molecule has 0 aliphatic heterocycles. The molecule has 0 N–H and O–H groups in total. The maximum absolute atomic E-state index is 4.89. The summed E-state index contributed by atoms with van der Waals surface area (Å²) in [5, 5.41) is 11.2. The summed E-state index contributed by atoms with van der Waals surface area (Å²) >= 11 is 0. The lowest BCUT2D eigenvalue weighted by molar-refractivity contribution is 0.382. The van der Waals surface area contributed by atoms with E-state index in [1.54, 1.807) is 6.20 Å². The van der Waals surface area contributed by atoms with Crippen LogP contribution in [0.2, 0.25) is 0 Å². The van der Waals surface area contributed by atoms with Crippen molar-refractivity contribution in [2.75, 3.05) is 0 Å². The highest BCUT2D eigenvalue weighted by atomic mass is 15.3. The van der Waals surface area contributed by atoms with Gasteiger partial charge < -0.3 is 0 Å². The second-order valence-corrected chi connectivity index (χ2v) is 6.84. The first-order valence-electron chi connectivity index (χ1n) is 8.12. The zero-order valence-corrected chi connectivity index (χ0v) is 14.3. The van der Waals surface area contributed by atoms with E-state index >= 15 is 0 Å². The highest BCUT2D eigenvalue weighted by Gasteiger charge is 2.27. The molecule has 0 amide bonds. The Kier molecular flexibility index (Phi) is 3.16. The summed E-state index contributed by atoms with van der Waals surface area (Å²) in [6.07, 6.45) is 5.65. The first-order valence-corrected chi connectivity index (χ1v) is 8.12. The maximum atomic E-state index is 4.89. The van der Waals surface area contributed by atoms with Crippen LogP contribution in [0.5, 0.6) is 0 Å². The summed E-state index contributed by atoms with van der Waals surface area (Å²) in [4.78, 5) is 9.22. The Balaban J connectivity index is 1.86. The van der Waals surface area contributed by atoms with Crippen LogP contribution in [0.15, 0.2) is 42.9 Å². The molecule has 6 heteroatoms. The van der Waals surface area contributed by atoms with E-state index in [9.17, 15) is 0 Å². The SMILES string of the molecule is CC(C)n1ncc2ccc(C(C)(C)n3cc4cccnc4n3)nc21. The largest absolute Gasteiger partial charge is 0.258 e. The molecule has 0 atom stereocenters. The van der Waals surface area contributed by atoms with Crippen molar-refractivity contribution in [3.05, 3.63) is 48.5 Å². The molecule has 24 heavy (non-hydrogen) atoms. The van der Waals surface area contributed by atoms with Crippen molar-refractivity contribution in [3.63, 3.8) is 0 Å². The van der Waals surface area contributed by atoms with Gasteiger partial charge in [-0.05, 0) is 52.0 Å². The van der Waals surface area contributed by atoms with Crippen LogP contribution in [-0.2, 0) is 5.54 Å². The van der Waals surface area contributed by atoms with E-state index in [2.05, 4.69) is 55.0 Å². The van der Waals surface area contributed by atoms with E-state index < -0.39 is 0 Å². The van der Waals surface area contributed by atoms with Crippen molar-refractivity contribution < 1.29 is 0 Å². The Labute approximate surface area is 140 Å². The van der Waals surface area contributed by atoms with Crippen molar-refractivity contribution in [3.8, 4) is 0 Å². The van der Waals surface area contributed by atoms with E-state index in [4.69, 9.17) is 4.98 Å². The number of pyridine rings is 2. The van der Waals surface area contributed by atoms with Crippen LogP contribution in [0, 0.1) is 0 Å². The molecule has 122 valence electrons. The van der Waals surface area contributed by atoms with Gasteiger partial charge in [0.1, 0.15) is 0 Å². The second kappa shape index (κ2) is 5.12. The van der Waals surface area contributed by atoms with Crippen molar-refractivity contribution in [2.45, 2.75) is 39.3 Å². The van der Waals surface area contributed by atoms with E-state index in [-0.39, 0.29) is 11.6 Å². The number of hydrogen-bond donors (Lipinski definition) is 0. The van der Waals surface area contributed by atoms with Gasteiger partial charge >= 0.3 is 0 Å². The number of rotatable bonds is 3. The first kappa shape index (κ1) is 14.8. The van der Waals surface area contributed by atoms with Gasteiger partial charge in [-0.1, -0.05) is 0 Å². The summed E-state index contributed by atoms with van der Waals surface area (Å²) in [5.74, 6) is 0. The molecule has 0 aliphatic carbocycles. The zero-order chi connectivity index (χ0) is 16.9. The van der Waals surface area contributed by atoms with Gasteiger partial charge in [0, 0.05) is 29.2 Å². The Morgan fingerprint density at radius 1 is 1.08 bits per heavy atom. The van der Waals surface area contributed by atoms with Gasteiger partial charge in [0.15, 0.2) is 11.3 Å². The fourth-order valence-corrected chi connectivity index (χ4v) is 2.90. The van der Waals surface area contributed by atoms with E-state index in [0.717, 1.165) is 27.8 Å². The highest BCUT2D eigenvalue weighted by molar-refractivity contribution is 5.75. The standard InChI is InChI=1S/C18H20N6/c1-12(2)24-17-13(10-20-24)7-8-15(21-17)18(3,4)23-11-14-6-5-9-19-16(14)22-23/h5-12H,1-4H3. The van der Waals surface area contributed by atoms with Gasteiger partial charge in [-0.25, -0.2) is 14.6 Å². The smallest absolute Gasteiger partial charge is 0.181 e. The normalized spacial score (nSPS) is 12.5. The molecule has 0 bridgehead atoms. The fourth-order valence-electron chi connectivity index (χ4n) is 2.90. The van der Waals surface area contributed by atoms with Gasteiger partial charge in [0.2, 0.25) is 0 Å². The Morgan fingerprint density at radius 2 is 1.92 bits per heavy atom. The summed E-state index contributed by atoms with van der Waals surface area (Å²) in [6, 6.07) is 8.34. The predicted octanol–water partition coefficient (Wildman–Crippen LogP) is 3.54. The number of fused-ring (bicyclic) bond motifs is 2. The molecule has 0 saturated carbocycles. The van der Waals surface area contributed by atoms with Crippen LogP contribution in [-0.4, -0.2) is 29.5 Å². The Morgan fingerprint density at radius 3 is 2.67 bits per heavy atom. The van der Waals surface area contributed by atoms with Crippen LogP contribution in [0.1, 0.15) is 39.4 Å². The highest BCUT2D eigenvalue weighted by Crippen LogP contribution is 2.27. The minimum atomic E-state index is -0.388. The molecule has 0 unspecified atom stereocenters. The monoisotopic (exact) mass is 320 g/mol. The fraction of sp³-hybridized carbons (Fsp3) is 0.333. The maximum Gasteiger partial charge on any atom is 0.181 e. The quantitative estimate of drug-likeness (QED) is 0.579. The molecular weight excluding hydrogens is 300 g/mol. The van der Waals surface area contributed by atoms with Gasteiger partial charge in [0.05, 0.1) is 17.4 Å². The number of aromatic nitrogens is 6. The number of nitrogens with zero attached hydrogens (tertiary/aromatic N) is 6. The molecule has 4 aromatic rings. The molecular formula is C18H20N6. The third kappa shape index (κ3) is 2.18. The number of hydrogen-bond acceptors (Lipinski definition) is 4. The van der Waals surface area contributed by atoms with Gasteiger partial charge in [0.25, 0.3) is 0 Å².